The summed E-state index contributed by atoms with van der Waals surface area (Å²) >= 11 is 0. The summed E-state index contributed by atoms with van der Waals surface area (Å²) in [7, 11) is -9.85. The van der Waals surface area contributed by atoms with Crippen LogP contribution in [0.1, 0.15) is 19.8 Å². The topological polar surface area (TPSA) is 77.5 Å². The van der Waals surface area contributed by atoms with Crippen LogP contribution in [0.4, 0.5) is 0 Å². The van der Waals surface area contributed by atoms with Gasteiger partial charge >= 0.3 is 0 Å². The minimum absolute atomic E-state index is 0.150. The number of rotatable bonds is 7. The molecule has 0 bridgehead atoms. The van der Waals surface area contributed by atoms with Crippen molar-refractivity contribution in [3.8, 4) is 0 Å². The van der Waals surface area contributed by atoms with Gasteiger partial charge in [-0.05, 0) is 69.2 Å². The highest BCUT2D eigenvalue weighted by Gasteiger charge is 2.61. The Hall–Kier alpha value is -2.00. The van der Waals surface area contributed by atoms with Crippen LogP contribution in [-0.2, 0) is 24.1 Å². The van der Waals surface area contributed by atoms with Crippen LogP contribution in [0.25, 0.3) is 0 Å². The third-order valence-corrected chi connectivity index (χ3v) is 10.9. The zero-order chi connectivity index (χ0) is 24.1. The first-order valence-corrected chi connectivity index (χ1v) is 17.6. The van der Waals surface area contributed by atoms with Crippen molar-refractivity contribution < 1.29 is 21.3 Å². The number of fused-ring (bicyclic) bond motifs is 1. The lowest BCUT2D eigenvalue weighted by Crippen LogP contribution is -2.59. The summed E-state index contributed by atoms with van der Waals surface area (Å²) in [6.07, 6.45) is 3.26. The van der Waals surface area contributed by atoms with Crippen molar-refractivity contribution >= 4 is 28.0 Å². The molecular formula is C25H30O5S2Si. The van der Waals surface area contributed by atoms with E-state index < -0.39 is 33.6 Å². The third-order valence-electron chi connectivity index (χ3n) is 6.15. The summed E-state index contributed by atoms with van der Waals surface area (Å²) < 4.78 is 61.1. The van der Waals surface area contributed by atoms with Crippen molar-refractivity contribution in [2.75, 3.05) is 5.75 Å². The average Bonchev–Trinajstić information content (AvgIpc) is 2.74. The molecular weight excluding hydrogens is 472 g/mol. The number of hydrogen-bond donors (Lipinski definition) is 0. The summed E-state index contributed by atoms with van der Waals surface area (Å²) in [5.41, 5.74) is 0.542. The van der Waals surface area contributed by atoms with Gasteiger partial charge in [-0.15, -0.1) is 0 Å². The van der Waals surface area contributed by atoms with Gasteiger partial charge in [-0.2, -0.15) is 0 Å². The van der Waals surface area contributed by atoms with E-state index in [0.29, 0.717) is 18.4 Å². The van der Waals surface area contributed by atoms with Gasteiger partial charge in [-0.25, -0.2) is 16.8 Å². The van der Waals surface area contributed by atoms with E-state index in [0.717, 1.165) is 5.57 Å². The summed E-state index contributed by atoms with van der Waals surface area (Å²) in [5, 5.41) is 0. The SMILES string of the molecule is CC1=C[C@@H]2C(CS(=O)(=O)c3ccccc3)=C(S(=O)(=O)c3ccccc3)[C@]2(O[Si](C)(C)C)CC1. The van der Waals surface area contributed by atoms with E-state index >= 15 is 0 Å². The fraction of sp³-hybridized carbons (Fsp3) is 0.360. The molecule has 8 heteroatoms. The molecule has 33 heavy (non-hydrogen) atoms. The molecule has 4 rings (SSSR count). The lowest BCUT2D eigenvalue weighted by Gasteiger charge is -2.55. The van der Waals surface area contributed by atoms with E-state index in [4.69, 9.17) is 4.43 Å². The van der Waals surface area contributed by atoms with Crippen molar-refractivity contribution in [2.45, 2.75) is 54.8 Å². The molecule has 2 atom stereocenters. The van der Waals surface area contributed by atoms with Gasteiger partial charge < -0.3 is 4.43 Å². The van der Waals surface area contributed by atoms with E-state index in [-0.39, 0.29) is 26.4 Å². The maximum absolute atomic E-state index is 13.9. The van der Waals surface area contributed by atoms with Gasteiger partial charge in [0.2, 0.25) is 9.84 Å². The Morgan fingerprint density at radius 1 is 0.909 bits per heavy atom. The average molecular weight is 503 g/mol. The lowest BCUT2D eigenvalue weighted by molar-refractivity contribution is 0.0359. The van der Waals surface area contributed by atoms with Gasteiger partial charge in [0.1, 0.15) is 5.60 Å². The Morgan fingerprint density at radius 3 is 2.00 bits per heavy atom. The Balaban J connectivity index is 1.94. The monoisotopic (exact) mass is 502 g/mol. The highest BCUT2D eigenvalue weighted by Crippen LogP contribution is 2.58. The predicted molar refractivity (Wildman–Crippen MR) is 133 cm³/mol. The molecule has 0 saturated carbocycles. The van der Waals surface area contributed by atoms with E-state index in [1.807, 2.05) is 32.6 Å². The molecule has 0 aromatic heterocycles. The van der Waals surface area contributed by atoms with Crippen LogP contribution in [0, 0.1) is 5.92 Å². The second kappa shape index (κ2) is 8.34. The van der Waals surface area contributed by atoms with Gasteiger partial charge in [0.25, 0.3) is 0 Å². The normalized spacial score (nSPS) is 23.5. The van der Waals surface area contributed by atoms with Crippen LogP contribution in [0.3, 0.4) is 0 Å². The molecule has 0 N–H and O–H groups in total. The summed E-state index contributed by atoms with van der Waals surface area (Å²) in [6.45, 7) is 8.12. The zero-order valence-electron chi connectivity index (χ0n) is 19.4. The van der Waals surface area contributed by atoms with Crippen LogP contribution in [-0.4, -0.2) is 36.5 Å². The molecule has 0 aliphatic heterocycles. The maximum atomic E-state index is 13.9. The van der Waals surface area contributed by atoms with E-state index in [1.165, 1.54) is 0 Å². The largest absolute Gasteiger partial charge is 0.406 e. The standard InChI is InChI=1S/C25H30O5S2Si/c1-19-15-16-25(30-33(2,3)4)23(17-19)22(18-31(26,27)20-11-7-5-8-12-20)24(25)32(28,29)21-13-9-6-10-14-21/h5-14,17,23H,15-16,18H2,1-4H3/t23-,25+/m1/s1. The first kappa shape index (κ1) is 24.1. The van der Waals surface area contributed by atoms with Gasteiger partial charge in [-0.1, -0.05) is 48.0 Å². The molecule has 2 aliphatic carbocycles. The van der Waals surface area contributed by atoms with Gasteiger partial charge in [0.15, 0.2) is 18.2 Å². The van der Waals surface area contributed by atoms with Crippen LogP contribution < -0.4 is 0 Å². The van der Waals surface area contributed by atoms with Crippen molar-refractivity contribution in [1.29, 1.82) is 0 Å². The second-order valence-corrected chi connectivity index (χ2v) is 18.1. The molecule has 0 unspecified atom stereocenters. The molecule has 0 amide bonds. The highest BCUT2D eigenvalue weighted by atomic mass is 32.2. The summed E-state index contributed by atoms with van der Waals surface area (Å²) in [4.78, 5) is 0.504. The molecule has 2 aromatic rings. The number of hydrogen-bond acceptors (Lipinski definition) is 5. The smallest absolute Gasteiger partial charge is 0.205 e. The predicted octanol–water partition coefficient (Wildman–Crippen LogP) is 5.15. The Kier molecular flexibility index (Phi) is 6.10. The van der Waals surface area contributed by atoms with Crippen LogP contribution in [0.15, 0.2) is 92.6 Å². The lowest BCUT2D eigenvalue weighted by atomic mass is 9.64. The quantitative estimate of drug-likeness (QED) is 0.387. The van der Waals surface area contributed by atoms with Crippen LogP contribution >= 0.6 is 0 Å². The Bertz CT molecular complexity index is 1320. The fourth-order valence-corrected chi connectivity index (χ4v) is 9.99. The van der Waals surface area contributed by atoms with E-state index in [9.17, 15) is 16.8 Å². The van der Waals surface area contributed by atoms with Gasteiger partial charge in [0.05, 0.1) is 20.4 Å². The van der Waals surface area contributed by atoms with Crippen molar-refractivity contribution in [2.24, 2.45) is 5.92 Å². The maximum Gasteiger partial charge on any atom is 0.205 e. The van der Waals surface area contributed by atoms with E-state index in [2.05, 4.69) is 0 Å². The van der Waals surface area contributed by atoms with Gasteiger partial charge in [-0.3, -0.25) is 0 Å². The minimum Gasteiger partial charge on any atom is -0.406 e. The minimum atomic E-state index is -3.94. The summed E-state index contributed by atoms with van der Waals surface area (Å²) in [5.74, 6) is -0.714. The van der Waals surface area contributed by atoms with Gasteiger partial charge in [0, 0.05) is 5.92 Å². The fourth-order valence-electron chi connectivity index (χ4n) is 4.91. The molecule has 176 valence electrons. The Morgan fingerprint density at radius 2 is 1.45 bits per heavy atom. The second-order valence-electron chi connectivity index (χ2n) is 9.84. The molecule has 2 aliphatic rings. The molecule has 0 fully saturated rings. The Labute approximate surface area is 198 Å². The number of allylic oxidation sites excluding steroid dienone is 1. The molecule has 0 saturated heterocycles. The third kappa shape index (κ3) is 4.41. The van der Waals surface area contributed by atoms with Crippen LogP contribution in [0.2, 0.25) is 19.6 Å². The zero-order valence-corrected chi connectivity index (χ0v) is 22.0. The van der Waals surface area contributed by atoms with Crippen LogP contribution in [0.5, 0.6) is 0 Å². The molecule has 0 radical (unpaired) electrons. The van der Waals surface area contributed by atoms with Crippen molar-refractivity contribution in [3.63, 3.8) is 0 Å². The van der Waals surface area contributed by atoms with Crippen molar-refractivity contribution in [1.82, 2.24) is 0 Å². The highest BCUT2D eigenvalue weighted by molar-refractivity contribution is 7.95. The first-order chi connectivity index (χ1) is 15.4. The number of benzene rings is 2. The van der Waals surface area contributed by atoms with Crippen molar-refractivity contribution in [3.05, 3.63) is 82.8 Å². The number of sulfone groups is 2. The molecule has 0 spiro atoms. The molecule has 2 aromatic carbocycles. The summed E-state index contributed by atoms with van der Waals surface area (Å²) in [6, 6.07) is 16.4. The molecule has 5 nitrogen and oxygen atoms in total. The first-order valence-electron chi connectivity index (χ1n) is 11.1. The molecule has 0 heterocycles. The van der Waals surface area contributed by atoms with E-state index in [1.54, 1.807) is 60.7 Å².